The smallest absolute Gasteiger partial charge is 0.178 e. The first kappa shape index (κ1) is 15.7. The van der Waals surface area contributed by atoms with Crippen LogP contribution >= 0.6 is 0 Å². The lowest BCUT2D eigenvalue weighted by molar-refractivity contribution is 0.366. The number of aryl methyl sites for hydroxylation is 1. The van der Waals surface area contributed by atoms with Crippen molar-refractivity contribution in [3.8, 4) is 0 Å². The van der Waals surface area contributed by atoms with Crippen molar-refractivity contribution in [2.75, 3.05) is 19.5 Å². The predicted octanol–water partition coefficient (Wildman–Crippen LogP) is 1.36. The van der Waals surface area contributed by atoms with E-state index in [0.29, 0.717) is 11.6 Å². The Hall–Kier alpha value is -1.40. The Kier molecular flexibility index (Phi) is 5.08. The van der Waals surface area contributed by atoms with Gasteiger partial charge < -0.3 is 5.73 Å². The molecule has 1 rings (SSSR count). The van der Waals surface area contributed by atoms with Crippen molar-refractivity contribution >= 4 is 15.5 Å². The number of nitrogens with two attached hydrogens (primary N) is 1. The van der Waals surface area contributed by atoms with Crippen molar-refractivity contribution in [1.82, 2.24) is 5.01 Å². The van der Waals surface area contributed by atoms with Crippen LogP contribution in [-0.4, -0.2) is 38.6 Å². The molecule has 106 valence electrons. The van der Waals surface area contributed by atoms with Gasteiger partial charge in [-0.1, -0.05) is 19.1 Å². The Bertz CT molecular complexity index is 580. The van der Waals surface area contributed by atoms with Gasteiger partial charge in [0.15, 0.2) is 9.84 Å². The second kappa shape index (κ2) is 6.16. The molecule has 0 aliphatic heterocycles. The molecule has 1 aromatic rings. The monoisotopic (exact) mass is 283 g/mol. The highest BCUT2D eigenvalue weighted by atomic mass is 32.2. The lowest BCUT2D eigenvalue weighted by Crippen LogP contribution is -2.21. The molecule has 0 saturated heterocycles. The molecule has 19 heavy (non-hydrogen) atoms. The molecule has 0 heterocycles. The molecule has 0 spiro atoms. The molecule has 0 saturated carbocycles. The third kappa shape index (κ3) is 3.78. The van der Waals surface area contributed by atoms with Crippen molar-refractivity contribution in [1.29, 1.82) is 0 Å². The third-order valence-corrected chi connectivity index (χ3v) is 4.78. The summed E-state index contributed by atoms with van der Waals surface area (Å²) in [5, 5.41) is 5.87. The van der Waals surface area contributed by atoms with E-state index in [9.17, 15) is 8.42 Å². The maximum Gasteiger partial charge on any atom is 0.178 e. The van der Waals surface area contributed by atoms with Gasteiger partial charge in [-0.05, 0) is 31.0 Å². The Morgan fingerprint density at radius 3 is 2.58 bits per heavy atom. The summed E-state index contributed by atoms with van der Waals surface area (Å²) in [7, 11) is -1.45. The van der Waals surface area contributed by atoms with E-state index in [1.807, 2.05) is 13.0 Å². The van der Waals surface area contributed by atoms with E-state index >= 15 is 0 Å². The predicted molar refractivity (Wildman–Crippen MR) is 77.9 cm³/mol. The van der Waals surface area contributed by atoms with Gasteiger partial charge >= 0.3 is 0 Å². The van der Waals surface area contributed by atoms with Crippen LogP contribution in [0.4, 0.5) is 0 Å². The van der Waals surface area contributed by atoms with E-state index in [4.69, 9.17) is 5.73 Å². The average molecular weight is 283 g/mol. The van der Waals surface area contributed by atoms with E-state index in [0.717, 1.165) is 16.8 Å². The van der Waals surface area contributed by atoms with Crippen LogP contribution in [0.2, 0.25) is 0 Å². The standard InChI is InChI=1S/C13H21N3O2S/c1-5-19(17,18)13-8-12(7-6-10(13)2)11(3)15-16(4)9-14/h6-8H,5,9,14H2,1-4H3/b15-11+. The second-order valence-electron chi connectivity index (χ2n) is 4.41. The molecule has 0 amide bonds. The van der Waals surface area contributed by atoms with Crippen LogP contribution < -0.4 is 5.73 Å². The van der Waals surface area contributed by atoms with Gasteiger partial charge in [-0.15, -0.1) is 0 Å². The normalized spacial score (nSPS) is 12.6. The summed E-state index contributed by atoms with van der Waals surface area (Å²) in [6, 6.07) is 5.35. The first-order valence-corrected chi connectivity index (χ1v) is 7.77. The first-order valence-electron chi connectivity index (χ1n) is 6.12. The lowest BCUT2D eigenvalue weighted by atomic mass is 10.1. The SMILES string of the molecule is CCS(=O)(=O)c1cc(/C(C)=N/N(C)CN)ccc1C. The van der Waals surface area contributed by atoms with Crippen molar-refractivity contribution in [3.63, 3.8) is 0 Å². The molecule has 6 heteroatoms. The molecular formula is C13H21N3O2S. The van der Waals surface area contributed by atoms with Crippen LogP contribution in [-0.2, 0) is 9.84 Å². The number of nitrogens with zero attached hydrogens (tertiary/aromatic N) is 2. The Balaban J connectivity index is 3.28. The summed E-state index contributed by atoms with van der Waals surface area (Å²) in [6.45, 7) is 5.58. The quantitative estimate of drug-likeness (QED) is 0.503. The molecule has 0 unspecified atom stereocenters. The number of hydrogen-bond donors (Lipinski definition) is 1. The summed E-state index contributed by atoms with van der Waals surface area (Å²) in [5.74, 6) is 0.0934. The van der Waals surface area contributed by atoms with E-state index in [-0.39, 0.29) is 5.75 Å². The van der Waals surface area contributed by atoms with Crippen LogP contribution in [0.1, 0.15) is 25.0 Å². The number of sulfone groups is 1. The fourth-order valence-corrected chi connectivity index (χ4v) is 2.85. The minimum absolute atomic E-state index is 0.0934. The molecular weight excluding hydrogens is 262 g/mol. The molecule has 2 N–H and O–H groups in total. The van der Waals surface area contributed by atoms with Crippen LogP contribution in [0.25, 0.3) is 0 Å². The molecule has 0 bridgehead atoms. The zero-order valence-electron chi connectivity index (χ0n) is 11.8. The third-order valence-electron chi connectivity index (χ3n) is 2.91. The summed E-state index contributed by atoms with van der Waals surface area (Å²) in [4.78, 5) is 0.373. The van der Waals surface area contributed by atoms with Crippen molar-refractivity contribution in [2.45, 2.75) is 25.7 Å². The van der Waals surface area contributed by atoms with Crippen LogP contribution in [0.3, 0.4) is 0 Å². The lowest BCUT2D eigenvalue weighted by Gasteiger charge is -2.12. The second-order valence-corrected chi connectivity index (χ2v) is 6.66. The zero-order valence-corrected chi connectivity index (χ0v) is 12.7. The molecule has 0 radical (unpaired) electrons. The maximum atomic E-state index is 12.0. The van der Waals surface area contributed by atoms with Crippen molar-refractivity contribution in [2.24, 2.45) is 10.8 Å². The molecule has 5 nitrogen and oxygen atoms in total. The van der Waals surface area contributed by atoms with Gasteiger partial charge in [-0.3, -0.25) is 5.01 Å². The Morgan fingerprint density at radius 2 is 2.05 bits per heavy atom. The Morgan fingerprint density at radius 1 is 1.42 bits per heavy atom. The number of hydrazone groups is 1. The fourth-order valence-electron chi connectivity index (χ4n) is 1.67. The van der Waals surface area contributed by atoms with Crippen LogP contribution in [0.5, 0.6) is 0 Å². The number of hydrogen-bond acceptors (Lipinski definition) is 5. The largest absolute Gasteiger partial charge is 0.313 e. The Labute approximate surface area is 115 Å². The zero-order chi connectivity index (χ0) is 14.6. The van der Waals surface area contributed by atoms with Gasteiger partial charge in [0.25, 0.3) is 0 Å². The molecule has 0 aliphatic rings. The highest BCUT2D eigenvalue weighted by Crippen LogP contribution is 2.19. The van der Waals surface area contributed by atoms with Crippen molar-refractivity contribution in [3.05, 3.63) is 29.3 Å². The van der Waals surface area contributed by atoms with Gasteiger partial charge in [-0.25, -0.2) is 8.42 Å². The van der Waals surface area contributed by atoms with Gasteiger partial charge in [0, 0.05) is 7.05 Å². The summed E-state index contributed by atoms with van der Waals surface area (Å²) in [5.41, 5.74) is 7.75. The first-order chi connectivity index (χ1) is 8.81. The van der Waals surface area contributed by atoms with Gasteiger partial charge in [-0.2, -0.15) is 5.10 Å². The minimum atomic E-state index is -3.21. The summed E-state index contributed by atoms with van der Waals surface area (Å²) in [6.07, 6.45) is 0. The summed E-state index contributed by atoms with van der Waals surface area (Å²) < 4.78 is 24.0. The number of rotatable bonds is 5. The molecule has 0 aliphatic carbocycles. The van der Waals surface area contributed by atoms with Crippen LogP contribution in [0, 0.1) is 6.92 Å². The molecule has 1 aromatic carbocycles. The van der Waals surface area contributed by atoms with E-state index in [1.165, 1.54) is 0 Å². The summed E-state index contributed by atoms with van der Waals surface area (Å²) >= 11 is 0. The fraction of sp³-hybridized carbons (Fsp3) is 0.462. The highest BCUT2D eigenvalue weighted by molar-refractivity contribution is 7.91. The maximum absolute atomic E-state index is 12.0. The van der Waals surface area contributed by atoms with E-state index in [2.05, 4.69) is 5.10 Å². The van der Waals surface area contributed by atoms with E-state index in [1.54, 1.807) is 38.0 Å². The number of benzene rings is 1. The average Bonchev–Trinajstić information content (AvgIpc) is 2.38. The van der Waals surface area contributed by atoms with E-state index < -0.39 is 9.84 Å². The molecule has 0 aromatic heterocycles. The van der Waals surface area contributed by atoms with Gasteiger partial charge in [0.1, 0.15) is 0 Å². The molecule has 0 atom stereocenters. The minimum Gasteiger partial charge on any atom is -0.313 e. The van der Waals surface area contributed by atoms with Crippen LogP contribution in [0.15, 0.2) is 28.2 Å². The molecule has 0 fully saturated rings. The van der Waals surface area contributed by atoms with Gasteiger partial charge in [0.2, 0.25) is 0 Å². The van der Waals surface area contributed by atoms with Crippen molar-refractivity contribution < 1.29 is 8.42 Å². The topological polar surface area (TPSA) is 75.8 Å². The highest BCUT2D eigenvalue weighted by Gasteiger charge is 2.15. The van der Waals surface area contributed by atoms with Gasteiger partial charge in [0.05, 0.1) is 23.0 Å².